The van der Waals surface area contributed by atoms with Crippen LogP contribution in [0.5, 0.6) is 0 Å². The van der Waals surface area contributed by atoms with E-state index in [0.717, 1.165) is 32.4 Å². The molecule has 0 saturated carbocycles. The molecule has 25 heavy (non-hydrogen) atoms. The smallest absolute Gasteiger partial charge is 0.303 e. The second-order valence-electron chi connectivity index (χ2n) is 7.33. The summed E-state index contributed by atoms with van der Waals surface area (Å²) in [5.74, 6) is -0.655. The van der Waals surface area contributed by atoms with Crippen molar-refractivity contribution in [2.45, 2.75) is 103 Å². The van der Waals surface area contributed by atoms with E-state index < -0.39 is 5.97 Å². The van der Waals surface area contributed by atoms with Gasteiger partial charge in [-0.2, -0.15) is 0 Å². The van der Waals surface area contributed by atoms with E-state index >= 15 is 0 Å². The summed E-state index contributed by atoms with van der Waals surface area (Å²) in [6, 6.07) is 0. The number of hydrogen-bond donors (Lipinski definition) is 2. The Morgan fingerprint density at radius 2 is 1.16 bits per heavy atom. The second kappa shape index (κ2) is 23.4. The number of hydrogen-bond acceptors (Lipinski definition) is 3. The van der Waals surface area contributed by atoms with Crippen molar-refractivity contribution in [3.63, 3.8) is 0 Å². The Labute approximate surface area is 157 Å². The lowest BCUT2D eigenvalue weighted by Crippen LogP contribution is -2.16. The van der Waals surface area contributed by atoms with Crippen LogP contribution in [0.2, 0.25) is 0 Å². The molecule has 0 spiro atoms. The summed E-state index contributed by atoms with van der Waals surface area (Å²) in [4.78, 5) is 12.4. The first-order chi connectivity index (χ1) is 12.0. The Morgan fingerprint density at radius 3 is 1.44 bits per heavy atom. The van der Waals surface area contributed by atoms with E-state index in [1.54, 1.807) is 0 Å². The Balaban J connectivity index is 0. The number of unbranched alkanes of at least 4 members (excludes halogenated alkanes) is 12. The SMILES string of the molecule is CCCCCCCCCCCCCCCC(=O)O.CN(C)CCCN. The standard InChI is InChI=1S/C16H32O2.C5H14N2/c1-2-3-4-5-6-7-8-9-10-11-12-13-14-15-16(17)18;1-7(2)5-3-4-6/h2-15H2,1H3,(H,17,18);3-6H2,1-2H3. The van der Waals surface area contributed by atoms with Gasteiger partial charge in [0.05, 0.1) is 0 Å². The fourth-order valence-electron chi connectivity index (χ4n) is 2.70. The molecule has 0 aromatic rings. The minimum absolute atomic E-state index is 0.345. The van der Waals surface area contributed by atoms with E-state index in [1.165, 1.54) is 70.6 Å². The molecular formula is C21H46N2O2. The van der Waals surface area contributed by atoms with Gasteiger partial charge in [-0.1, -0.05) is 84.0 Å². The number of nitrogens with zero attached hydrogens (tertiary/aromatic N) is 1. The van der Waals surface area contributed by atoms with Crippen molar-refractivity contribution >= 4 is 5.97 Å². The van der Waals surface area contributed by atoms with Crippen LogP contribution in [0.15, 0.2) is 0 Å². The summed E-state index contributed by atoms with van der Waals surface area (Å²) in [5, 5.41) is 8.49. The van der Waals surface area contributed by atoms with Gasteiger partial charge in [0.25, 0.3) is 0 Å². The molecule has 0 aromatic carbocycles. The average Bonchev–Trinajstić information content (AvgIpc) is 2.57. The van der Waals surface area contributed by atoms with Gasteiger partial charge in [0.2, 0.25) is 0 Å². The number of carboxylic acids is 1. The highest BCUT2D eigenvalue weighted by atomic mass is 16.4. The van der Waals surface area contributed by atoms with Gasteiger partial charge >= 0.3 is 5.97 Å². The number of carbonyl (C=O) groups is 1. The summed E-state index contributed by atoms with van der Waals surface area (Å²) < 4.78 is 0. The zero-order valence-corrected chi connectivity index (χ0v) is 17.4. The van der Waals surface area contributed by atoms with Gasteiger partial charge in [0, 0.05) is 6.42 Å². The number of nitrogens with two attached hydrogens (primary N) is 1. The van der Waals surface area contributed by atoms with Gasteiger partial charge in [0.15, 0.2) is 0 Å². The molecule has 0 atom stereocenters. The lowest BCUT2D eigenvalue weighted by molar-refractivity contribution is -0.137. The molecule has 0 aliphatic carbocycles. The van der Waals surface area contributed by atoms with Crippen LogP contribution in [0.3, 0.4) is 0 Å². The molecule has 152 valence electrons. The zero-order valence-electron chi connectivity index (χ0n) is 17.4. The summed E-state index contributed by atoms with van der Waals surface area (Å²) in [7, 11) is 4.10. The summed E-state index contributed by atoms with van der Waals surface area (Å²) >= 11 is 0. The second-order valence-corrected chi connectivity index (χ2v) is 7.33. The molecule has 0 fully saturated rings. The predicted octanol–water partition coefficient (Wildman–Crippen LogP) is 5.45. The topological polar surface area (TPSA) is 66.6 Å². The maximum absolute atomic E-state index is 10.3. The maximum atomic E-state index is 10.3. The number of carboxylic acid groups (broad SMARTS) is 1. The molecule has 4 heteroatoms. The van der Waals surface area contributed by atoms with E-state index in [9.17, 15) is 4.79 Å². The van der Waals surface area contributed by atoms with Crippen molar-refractivity contribution in [3.8, 4) is 0 Å². The fourth-order valence-corrected chi connectivity index (χ4v) is 2.70. The molecule has 0 aromatic heterocycles. The molecule has 3 N–H and O–H groups in total. The van der Waals surface area contributed by atoms with Crippen molar-refractivity contribution in [3.05, 3.63) is 0 Å². The van der Waals surface area contributed by atoms with Crippen LogP contribution in [0.25, 0.3) is 0 Å². The highest BCUT2D eigenvalue weighted by Crippen LogP contribution is 2.12. The third-order valence-electron chi connectivity index (χ3n) is 4.30. The Bertz CT molecular complexity index is 258. The Morgan fingerprint density at radius 1 is 0.760 bits per heavy atom. The highest BCUT2D eigenvalue weighted by molar-refractivity contribution is 5.66. The van der Waals surface area contributed by atoms with E-state index in [1.807, 2.05) is 0 Å². The first-order valence-corrected chi connectivity index (χ1v) is 10.6. The van der Waals surface area contributed by atoms with Gasteiger partial charge < -0.3 is 15.7 Å². The maximum Gasteiger partial charge on any atom is 0.303 e. The molecular weight excluding hydrogens is 312 g/mol. The van der Waals surface area contributed by atoms with Crippen molar-refractivity contribution in [1.29, 1.82) is 0 Å². The summed E-state index contributed by atoms with van der Waals surface area (Å²) in [6.07, 6.45) is 18.4. The van der Waals surface area contributed by atoms with Crippen molar-refractivity contribution in [1.82, 2.24) is 4.90 Å². The molecule has 0 unspecified atom stereocenters. The van der Waals surface area contributed by atoms with Crippen LogP contribution in [-0.2, 0) is 4.79 Å². The molecule has 0 bridgehead atoms. The van der Waals surface area contributed by atoms with Gasteiger partial charge in [-0.05, 0) is 40.0 Å². The molecule has 0 aliphatic rings. The first-order valence-electron chi connectivity index (χ1n) is 10.6. The third kappa shape index (κ3) is 31.6. The first kappa shape index (κ1) is 26.6. The molecule has 0 aliphatic heterocycles. The number of rotatable bonds is 17. The minimum Gasteiger partial charge on any atom is -0.481 e. The van der Waals surface area contributed by atoms with Crippen molar-refractivity contribution < 1.29 is 9.90 Å². The number of aliphatic carboxylic acids is 1. The van der Waals surface area contributed by atoms with Crippen LogP contribution in [0, 0.1) is 0 Å². The quantitative estimate of drug-likeness (QED) is 0.339. The molecule has 0 rings (SSSR count). The van der Waals surface area contributed by atoms with Gasteiger partial charge in [0.1, 0.15) is 0 Å². The van der Waals surface area contributed by atoms with Gasteiger partial charge in [-0.15, -0.1) is 0 Å². The highest BCUT2D eigenvalue weighted by Gasteiger charge is 1.96. The average molecular weight is 359 g/mol. The lowest BCUT2D eigenvalue weighted by atomic mass is 10.0. The van der Waals surface area contributed by atoms with E-state index in [0.29, 0.717) is 6.42 Å². The fraction of sp³-hybridized carbons (Fsp3) is 0.952. The monoisotopic (exact) mass is 358 g/mol. The van der Waals surface area contributed by atoms with E-state index in [-0.39, 0.29) is 0 Å². The van der Waals surface area contributed by atoms with E-state index in [2.05, 4.69) is 25.9 Å². The van der Waals surface area contributed by atoms with Crippen molar-refractivity contribution in [2.24, 2.45) is 5.73 Å². The van der Waals surface area contributed by atoms with E-state index in [4.69, 9.17) is 10.8 Å². The van der Waals surface area contributed by atoms with Gasteiger partial charge in [-0.25, -0.2) is 0 Å². The molecule has 0 radical (unpaired) electrons. The summed E-state index contributed by atoms with van der Waals surface area (Å²) in [6.45, 7) is 4.17. The van der Waals surface area contributed by atoms with Crippen LogP contribution in [-0.4, -0.2) is 43.2 Å². The lowest BCUT2D eigenvalue weighted by Gasteiger charge is -2.05. The molecule has 0 saturated heterocycles. The summed E-state index contributed by atoms with van der Waals surface area (Å²) in [5.41, 5.74) is 5.25. The molecule has 4 nitrogen and oxygen atoms in total. The van der Waals surface area contributed by atoms with Crippen LogP contribution in [0.1, 0.15) is 103 Å². The van der Waals surface area contributed by atoms with Crippen molar-refractivity contribution in [2.75, 3.05) is 27.2 Å². The van der Waals surface area contributed by atoms with Crippen LogP contribution < -0.4 is 5.73 Å². The van der Waals surface area contributed by atoms with Crippen LogP contribution in [0.4, 0.5) is 0 Å². The zero-order chi connectivity index (χ0) is 19.2. The minimum atomic E-state index is -0.655. The largest absolute Gasteiger partial charge is 0.481 e. The Hall–Kier alpha value is -0.610. The molecule has 0 heterocycles. The van der Waals surface area contributed by atoms with Crippen LogP contribution >= 0.6 is 0 Å². The molecule has 0 amide bonds. The van der Waals surface area contributed by atoms with Gasteiger partial charge in [-0.3, -0.25) is 4.79 Å². The Kier molecular flexibility index (Phi) is 24.9. The normalized spacial score (nSPS) is 10.6. The third-order valence-corrected chi connectivity index (χ3v) is 4.30. The predicted molar refractivity (Wildman–Crippen MR) is 110 cm³/mol.